The van der Waals surface area contributed by atoms with Gasteiger partial charge in [0.15, 0.2) is 5.82 Å². The van der Waals surface area contributed by atoms with E-state index in [1.165, 1.54) is 7.11 Å². The molecule has 98 valence electrons. The molecule has 0 aliphatic carbocycles. The van der Waals surface area contributed by atoms with Gasteiger partial charge in [0, 0.05) is 19.5 Å². The molecule has 6 heteroatoms. The van der Waals surface area contributed by atoms with E-state index in [-0.39, 0.29) is 5.97 Å². The minimum atomic E-state index is -0.124. The number of ether oxygens (including phenoxy) is 1. The van der Waals surface area contributed by atoms with Gasteiger partial charge in [0.2, 0.25) is 0 Å². The number of nitrogens with two attached hydrogens (primary N) is 1. The number of aromatic nitrogens is 2. The van der Waals surface area contributed by atoms with E-state index in [4.69, 9.17) is 5.73 Å². The predicted octanol–water partition coefficient (Wildman–Crippen LogP) is 0.838. The molecule has 1 fully saturated rings. The Labute approximate surface area is 106 Å². The molecule has 0 atom stereocenters. The smallest absolute Gasteiger partial charge is 0.305 e. The Hall–Kier alpha value is -1.85. The second-order valence-electron chi connectivity index (χ2n) is 4.53. The standard InChI is InChI=1S/C12H18N4O2/c1-18-12(17)8-9-4-6-16(7-5-9)11-3-2-10(13)14-15-11/h2-3,9H,4-8H2,1H3,(H2,13,14). The van der Waals surface area contributed by atoms with Crippen molar-refractivity contribution in [1.82, 2.24) is 10.2 Å². The lowest BCUT2D eigenvalue weighted by Crippen LogP contribution is -2.35. The summed E-state index contributed by atoms with van der Waals surface area (Å²) in [6.45, 7) is 1.78. The van der Waals surface area contributed by atoms with Gasteiger partial charge in [-0.3, -0.25) is 4.79 Å². The van der Waals surface area contributed by atoms with Crippen LogP contribution in [0.3, 0.4) is 0 Å². The number of nitrogens with zero attached hydrogens (tertiary/aromatic N) is 3. The Morgan fingerprint density at radius 2 is 2.17 bits per heavy atom. The van der Waals surface area contributed by atoms with E-state index in [1.54, 1.807) is 6.07 Å². The van der Waals surface area contributed by atoms with Gasteiger partial charge in [-0.2, -0.15) is 0 Å². The summed E-state index contributed by atoms with van der Waals surface area (Å²) in [5, 5.41) is 7.91. The fourth-order valence-electron chi connectivity index (χ4n) is 2.19. The van der Waals surface area contributed by atoms with Crippen molar-refractivity contribution >= 4 is 17.6 Å². The van der Waals surface area contributed by atoms with E-state index in [2.05, 4.69) is 19.8 Å². The molecule has 1 saturated heterocycles. The first-order valence-corrected chi connectivity index (χ1v) is 6.10. The fraction of sp³-hybridized carbons (Fsp3) is 0.583. The summed E-state index contributed by atoms with van der Waals surface area (Å²) in [5.41, 5.74) is 5.50. The van der Waals surface area contributed by atoms with E-state index in [0.29, 0.717) is 18.2 Å². The van der Waals surface area contributed by atoms with Crippen molar-refractivity contribution in [3.8, 4) is 0 Å². The lowest BCUT2D eigenvalue weighted by atomic mass is 9.93. The van der Waals surface area contributed by atoms with Crippen LogP contribution < -0.4 is 10.6 Å². The van der Waals surface area contributed by atoms with Gasteiger partial charge >= 0.3 is 5.97 Å². The van der Waals surface area contributed by atoms with Crippen molar-refractivity contribution in [2.45, 2.75) is 19.3 Å². The molecule has 0 unspecified atom stereocenters. The summed E-state index contributed by atoms with van der Waals surface area (Å²) in [4.78, 5) is 13.4. The normalized spacial score (nSPS) is 16.6. The summed E-state index contributed by atoms with van der Waals surface area (Å²) >= 11 is 0. The summed E-state index contributed by atoms with van der Waals surface area (Å²) in [7, 11) is 1.43. The monoisotopic (exact) mass is 250 g/mol. The van der Waals surface area contributed by atoms with Gasteiger partial charge < -0.3 is 15.4 Å². The molecule has 0 spiro atoms. The number of hydrogen-bond acceptors (Lipinski definition) is 6. The zero-order valence-electron chi connectivity index (χ0n) is 10.5. The molecule has 1 aromatic heterocycles. The first-order valence-electron chi connectivity index (χ1n) is 6.10. The topological polar surface area (TPSA) is 81.3 Å². The third kappa shape index (κ3) is 3.09. The highest BCUT2D eigenvalue weighted by Gasteiger charge is 2.22. The molecule has 0 amide bonds. The molecule has 1 aliphatic rings. The van der Waals surface area contributed by atoms with Crippen LogP contribution in [0.15, 0.2) is 12.1 Å². The number of anilines is 2. The number of piperidine rings is 1. The van der Waals surface area contributed by atoms with Gasteiger partial charge in [-0.15, -0.1) is 10.2 Å². The van der Waals surface area contributed by atoms with Crippen molar-refractivity contribution in [2.75, 3.05) is 30.8 Å². The Bertz CT molecular complexity index is 399. The highest BCUT2D eigenvalue weighted by atomic mass is 16.5. The van der Waals surface area contributed by atoms with Crippen molar-refractivity contribution in [1.29, 1.82) is 0 Å². The van der Waals surface area contributed by atoms with Gasteiger partial charge in [0.05, 0.1) is 7.11 Å². The SMILES string of the molecule is COC(=O)CC1CCN(c2ccc(N)nn2)CC1. The van der Waals surface area contributed by atoms with Crippen LogP contribution in [0.25, 0.3) is 0 Å². The molecular formula is C12H18N4O2. The number of hydrogen-bond donors (Lipinski definition) is 1. The number of carbonyl (C=O) groups excluding carboxylic acids is 1. The number of esters is 1. The molecule has 0 bridgehead atoms. The molecule has 0 aromatic carbocycles. The second-order valence-corrected chi connectivity index (χ2v) is 4.53. The maximum atomic E-state index is 11.2. The molecule has 2 rings (SSSR count). The Morgan fingerprint density at radius 1 is 1.44 bits per heavy atom. The van der Waals surface area contributed by atoms with Crippen LogP contribution in [0, 0.1) is 5.92 Å². The molecule has 2 heterocycles. The van der Waals surface area contributed by atoms with Gasteiger partial charge in [-0.05, 0) is 30.9 Å². The molecule has 2 N–H and O–H groups in total. The minimum absolute atomic E-state index is 0.124. The number of methoxy groups -OCH3 is 1. The van der Waals surface area contributed by atoms with Crippen LogP contribution in [0.1, 0.15) is 19.3 Å². The van der Waals surface area contributed by atoms with Gasteiger partial charge in [0.1, 0.15) is 5.82 Å². The van der Waals surface area contributed by atoms with Crippen molar-refractivity contribution in [2.24, 2.45) is 5.92 Å². The average molecular weight is 250 g/mol. The van der Waals surface area contributed by atoms with Crippen molar-refractivity contribution < 1.29 is 9.53 Å². The van der Waals surface area contributed by atoms with E-state index in [9.17, 15) is 4.79 Å². The van der Waals surface area contributed by atoms with Crippen LogP contribution in [0.2, 0.25) is 0 Å². The van der Waals surface area contributed by atoms with Crippen LogP contribution in [0.5, 0.6) is 0 Å². The Morgan fingerprint density at radius 3 is 2.72 bits per heavy atom. The highest BCUT2D eigenvalue weighted by molar-refractivity contribution is 5.69. The number of rotatable bonds is 3. The first-order chi connectivity index (χ1) is 8.69. The number of carbonyl (C=O) groups is 1. The highest BCUT2D eigenvalue weighted by Crippen LogP contribution is 2.24. The minimum Gasteiger partial charge on any atom is -0.469 e. The maximum absolute atomic E-state index is 11.2. The average Bonchev–Trinajstić information content (AvgIpc) is 2.40. The molecule has 0 saturated carbocycles. The van der Waals surface area contributed by atoms with E-state index in [0.717, 1.165) is 31.7 Å². The third-order valence-corrected chi connectivity index (χ3v) is 3.29. The third-order valence-electron chi connectivity index (χ3n) is 3.29. The predicted molar refractivity (Wildman–Crippen MR) is 68.0 cm³/mol. The van der Waals surface area contributed by atoms with E-state index < -0.39 is 0 Å². The fourth-order valence-corrected chi connectivity index (χ4v) is 2.19. The zero-order chi connectivity index (χ0) is 13.0. The van der Waals surface area contributed by atoms with Crippen LogP contribution in [-0.2, 0) is 9.53 Å². The zero-order valence-corrected chi connectivity index (χ0v) is 10.5. The van der Waals surface area contributed by atoms with Crippen LogP contribution in [0.4, 0.5) is 11.6 Å². The Kier molecular flexibility index (Phi) is 3.96. The van der Waals surface area contributed by atoms with Crippen molar-refractivity contribution in [3.05, 3.63) is 12.1 Å². The van der Waals surface area contributed by atoms with Crippen LogP contribution >= 0.6 is 0 Å². The summed E-state index contributed by atoms with van der Waals surface area (Å²) < 4.78 is 4.69. The lowest BCUT2D eigenvalue weighted by molar-refractivity contribution is -0.141. The molecule has 1 aromatic rings. The molecule has 18 heavy (non-hydrogen) atoms. The molecular weight excluding hydrogens is 232 g/mol. The molecule has 1 aliphatic heterocycles. The quantitative estimate of drug-likeness (QED) is 0.800. The summed E-state index contributed by atoms with van der Waals surface area (Å²) in [6, 6.07) is 3.63. The van der Waals surface area contributed by atoms with Crippen molar-refractivity contribution in [3.63, 3.8) is 0 Å². The summed E-state index contributed by atoms with van der Waals surface area (Å²) in [6.07, 6.45) is 2.46. The van der Waals surface area contributed by atoms with E-state index in [1.807, 2.05) is 6.07 Å². The van der Waals surface area contributed by atoms with Gasteiger partial charge in [-0.25, -0.2) is 0 Å². The van der Waals surface area contributed by atoms with E-state index >= 15 is 0 Å². The lowest BCUT2D eigenvalue weighted by Gasteiger charge is -2.31. The second kappa shape index (κ2) is 5.66. The molecule has 6 nitrogen and oxygen atoms in total. The van der Waals surface area contributed by atoms with Gasteiger partial charge in [0.25, 0.3) is 0 Å². The Balaban J connectivity index is 1.86. The summed E-state index contributed by atoms with van der Waals surface area (Å²) in [5.74, 6) is 1.57. The van der Waals surface area contributed by atoms with Crippen LogP contribution in [-0.4, -0.2) is 36.4 Å². The number of nitrogen functional groups attached to an aromatic ring is 1. The maximum Gasteiger partial charge on any atom is 0.305 e. The molecule has 0 radical (unpaired) electrons. The van der Waals surface area contributed by atoms with Gasteiger partial charge in [-0.1, -0.05) is 0 Å². The largest absolute Gasteiger partial charge is 0.469 e. The first kappa shape index (κ1) is 12.6.